The Bertz CT molecular complexity index is 221. The van der Waals surface area contributed by atoms with Crippen molar-refractivity contribution >= 4 is 29.1 Å². The van der Waals surface area contributed by atoms with Gasteiger partial charge in [0.25, 0.3) is 0 Å². The number of ether oxygens (including phenoxy) is 1. The lowest BCUT2D eigenvalue weighted by atomic mass is 10.3. The number of amides is 1. The Kier molecular flexibility index (Phi) is 8.72. The van der Waals surface area contributed by atoms with Crippen LogP contribution in [0.25, 0.3) is 0 Å². The molecule has 3 nitrogen and oxygen atoms in total. The van der Waals surface area contributed by atoms with Gasteiger partial charge in [-0.2, -0.15) is 13.2 Å². The zero-order chi connectivity index (χ0) is 13.3. The van der Waals surface area contributed by atoms with Crippen molar-refractivity contribution < 1.29 is 22.7 Å². The molecule has 8 heteroatoms. The van der Waals surface area contributed by atoms with Crippen LogP contribution < -0.4 is 0 Å². The second-order valence-corrected chi connectivity index (χ2v) is 3.93. The van der Waals surface area contributed by atoms with E-state index < -0.39 is 12.8 Å². The van der Waals surface area contributed by atoms with Gasteiger partial charge >= 0.3 is 6.18 Å². The molecule has 0 bridgehead atoms. The maximum Gasteiger partial charge on any atom is 0.411 e. The molecule has 0 atom stereocenters. The summed E-state index contributed by atoms with van der Waals surface area (Å²) in [7, 11) is 0. The standard InChI is InChI=1S/C9H14Cl2F3NO2/c10-2-4-15(5-3-11)8(16)1-6-17-7-9(12,13)14/h1-7H2. The fourth-order valence-electron chi connectivity index (χ4n) is 1.07. The van der Waals surface area contributed by atoms with Crippen molar-refractivity contribution in [3.63, 3.8) is 0 Å². The van der Waals surface area contributed by atoms with Gasteiger partial charge in [-0.3, -0.25) is 4.79 Å². The highest BCUT2D eigenvalue weighted by molar-refractivity contribution is 6.18. The van der Waals surface area contributed by atoms with Crippen LogP contribution in [0.2, 0.25) is 0 Å². The van der Waals surface area contributed by atoms with E-state index >= 15 is 0 Å². The van der Waals surface area contributed by atoms with E-state index in [2.05, 4.69) is 4.74 Å². The summed E-state index contributed by atoms with van der Waals surface area (Å²) in [6.45, 7) is -0.955. The van der Waals surface area contributed by atoms with E-state index in [1.807, 2.05) is 0 Å². The van der Waals surface area contributed by atoms with E-state index in [-0.39, 0.29) is 30.7 Å². The van der Waals surface area contributed by atoms with Crippen molar-refractivity contribution in [3.8, 4) is 0 Å². The Morgan fingerprint density at radius 2 is 1.71 bits per heavy atom. The van der Waals surface area contributed by atoms with Crippen LogP contribution in [-0.2, 0) is 9.53 Å². The Morgan fingerprint density at radius 1 is 1.18 bits per heavy atom. The molecule has 0 fully saturated rings. The van der Waals surface area contributed by atoms with Gasteiger partial charge < -0.3 is 9.64 Å². The monoisotopic (exact) mass is 295 g/mol. The molecule has 17 heavy (non-hydrogen) atoms. The summed E-state index contributed by atoms with van der Waals surface area (Å²) < 4.78 is 39.5. The van der Waals surface area contributed by atoms with Gasteiger partial charge in [0.05, 0.1) is 13.0 Å². The summed E-state index contributed by atoms with van der Waals surface area (Å²) in [6.07, 6.45) is -4.47. The molecule has 0 heterocycles. The molecule has 0 saturated heterocycles. The van der Waals surface area contributed by atoms with Crippen LogP contribution >= 0.6 is 23.2 Å². The van der Waals surface area contributed by atoms with Crippen LogP contribution in [0.4, 0.5) is 13.2 Å². The number of rotatable bonds is 8. The third kappa shape index (κ3) is 9.50. The van der Waals surface area contributed by atoms with Gasteiger partial charge in [0.2, 0.25) is 5.91 Å². The van der Waals surface area contributed by atoms with E-state index in [9.17, 15) is 18.0 Å². The van der Waals surface area contributed by atoms with E-state index in [0.717, 1.165) is 0 Å². The normalized spacial score (nSPS) is 11.6. The molecule has 102 valence electrons. The average Bonchev–Trinajstić information content (AvgIpc) is 2.22. The van der Waals surface area contributed by atoms with Gasteiger partial charge in [0.1, 0.15) is 6.61 Å². The minimum atomic E-state index is -4.37. The molecule has 0 aromatic rings. The molecule has 0 aliphatic carbocycles. The van der Waals surface area contributed by atoms with Gasteiger partial charge in [0, 0.05) is 24.8 Å². The molecule has 0 aliphatic heterocycles. The van der Waals surface area contributed by atoms with Crippen molar-refractivity contribution in [2.75, 3.05) is 38.1 Å². The van der Waals surface area contributed by atoms with E-state index in [1.54, 1.807) is 0 Å². The molecule has 0 rings (SSSR count). The van der Waals surface area contributed by atoms with Gasteiger partial charge in [-0.15, -0.1) is 23.2 Å². The topological polar surface area (TPSA) is 29.5 Å². The smallest absolute Gasteiger partial charge is 0.372 e. The number of alkyl halides is 5. The predicted octanol–water partition coefficient (Wildman–Crippen LogP) is 2.26. The van der Waals surface area contributed by atoms with Crippen molar-refractivity contribution in [3.05, 3.63) is 0 Å². The molecule has 1 amide bonds. The maximum atomic E-state index is 11.7. The van der Waals surface area contributed by atoms with Crippen molar-refractivity contribution in [1.82, 2.24) is 4.90 Å². The minimum absolute atomic E-state index is 0.107. The molecular formula is C9H14Cl2F3NO2. The highest BCUT2D eigenvalue weighted by Gasteiger charge is 2.27. The highest BCUT2D eigenvalue weighted by Crippen LogP contribution is 2.14. The SMILES string of the molecule is O=C(CCOCC(F)(F)F)N(CCCl)CCCl. The second kappa shape index (κ2) is 8.83. The molecule has 0 aliphatic rings. The average molecular weight is 296 g/mol. The van der Waals surface area contributed by atoms with Crippen LogP contribution in [0.3, 0.4) is 0 Å². The molecule has 0 saturated carbocycles. The molecular weight excluding hydrogens is 282 g/mol. The van der Waals surface area contributed by atoms with Crippen molar-refractivity contribution in [2.24, 2.45) is 0 Å². The number of hydrogen-bond acceptors (Lipinski definition) is 2. The lowest BCUT2D eigenvalue weighted by Gasteiger charge is -2.20. The van der Waals surface area contributed by atoms with Crippen LogP contribution in [0, 0.1) is 0 Å². The number of carbonyl (C=O) groups excluding carboxylic acids is 1. The van der Waals surface area contributed by atoms with Crippen LogP contribution in [0.5, 0.6) is 0 Å². The first kappa shape index (κ1) is 16.8. The zero-order valence-corrected chi connectivity index (χ0v) is 10.6. The maximum absolute atomic E-state index is 11.7. The number of halogens is 5. The fraction of sp³-hybridized carbons (Fsp3) is 0.889. The summed E-state index contributed by atoms with van der Waals surface area (Å²) in [6, 6.07) is 0. The molecule has 0 N–H and O–H groups in total. The lowest BCUT2D eigenvalue weighted by molar-refractivity contribution is -0.175. The van der Waals surface area contributed by atoms with Crippen LogP contribution in [0.1, 0.15) is 6.42 Å². The zero-order valence-electron chi connectivity index (χ0n) is 9.10. The Morgan fingerprint density at radius 3 is 2.12 bits per heavy atom. The summed E-state index contributed by atoms with van der Waals surface area (Å²) in [5.41, 5.74) is 0. The Labute approximate surface area is 108 Å². The van der Waals surface area contributed by atoms with Crippen molar-refractivity contribution in [2.45, 2.75) is 12.6 Å². The van der Waals surface area contributed by atoms with Gasteiger partial charge in [-0.1, -0.05) is 0 Å². The van der Waals surface area contributed by atoms with Crippen LogP contribution in [-0.4, -0.2) is 55.0 Å². The van der Waals surface area contributed by atoms with Crippen LogP contribution in [0.15, 0.2) is 0 Å². The molecule has 0 radical (unpaired) electrons. The van der Waals surface area contributed by atoms with Gasteiger partial charge in [0.15, 0.2) is 0 Å². The minimum Gasteiger partial charge on any atom is -0.372 e. The largest absolute Gasteiger partial charge is 0.411 e. The third-order valence-corrected chi connectivity index (χ3v) is 2.13. The third-order valence-electron chi connectivity index (χ3n) is 1.79. The van der Waals surface area contributed by atoms with E-state index in [4.69, 9.17) is 23.2 Å². The summed E-state index contributed by atoms with van der Waals surface area (Å²) in [4.78, 5) is 12.9. The van der Waals surface area contributed by atoms with Gasteiger partial charge in [-0.25, -0.2) is 0 Å². The lowest BCUT2D eigenvalue weighted by Crippen LogP contribution is -2.35. The first-order valence-corrected chi connectivity index (χ1v) is 6.02. The first-order valence-electron chi connectivity index (χ1n) is 4.95. The molecule has 0 spiro atoms. The van der Waals surface area contributed by atoms with E-state index in [0.29, 0.717) is 13.1 Å². The first-order chi connectivity index (χ1) is 7.90. The molecule has 0 aromatic carbocycles. The molecule has 0 aromatic heterocycles. The van der Waals surface area contributed by atoms with Crippen molar-refractivity contribution in [1.29, 1.82) is 0 Å². The number of carbonyl (C=O) groups is 1. The highest BCUT2D eigenvalue weighted by atomic mass is 35.5. The predicted molar refractivity (Wildman–Crippen MR) is 59.5 cm³/mol. The fourth-order valence-corrected chi connectivity index (χ4v) is 1.48. The molecule has 0 unspecified atom stereocenters. The summed E-state index contributed by atoms with van der Waals surface area (Å²) >= 11 is 11.0. The Hall–Kier alpha value is -0.200. The Balaban J connectivity index is 3.81. The second-order valence-electron chi connectivity index (χ2n) is 3.18. The number of hydrogen-bond donors (Lipinski definition) is 0. The summed E-state index contributed by atoms with van der Waals surface area (Å²) in [5.74, 6) is 0.200. The quantitative estimate of drug-likeness (QED) is 0.508. The van der Waals surface area contributed by atoms with E-state index in [1.165, 1.54) is 4.90 Å². The number of nitrogens with zero attached hydrogens (tertiary/aromatic N) is 1. The van der Waals surface area contributed by atoms with Gasteiger partial charge in [-0.05, 0) is 0 Å². The summed E-state index contributed by atoms with van der Waals surface area (Å²) in [5, 5.41) is 0.